The lowest BCUT2D eigenvalue weighted by atomic mass is 9.82. The van der Waals surface area contributed by atoms with Gasteiger partial charge in [-0.15, -0.1) is 0 Å². The van der Waals surface area contributed by atoms with Crippen LogP contribution in [0.4, 0.5) is 15.5 Å². The Morgan fingerprint density at radius 3 is 2.27 bits per heavy atom. The van der Waals surface area contributed by atoms with Crippen molar-refractivity contribution >= 4 is 37.5 Å². The fourth-order valence-electron chi connectivity index (χ4n) is 7.70. The Bertz CT molecular complexity index is 1870. The molecule has 0 unspecified atom stereocenters. The Balaban J connectivity index is 1.23. The molecule has 3 amide bonds. The number of benzene rings is 4. The molecule has 4 aromatic carbocycles. The Labute approximate surface area is 299 Å². The number of halogens is 1. The molecule has 266 valence electrons. The molecule has 0 bridgehead atoms. The Kier molecular flexibility index (Phi) is 10.4. The van der Waals surface area contributed by atoms with Crippen LogP contribution >= 0.6 is 0 Å². The van der Waals surface area contributed by atoms with E-state index < -0.39 is 31.6 Å². The maximum absolute atomic E-state index is 16.3. The SMILES string of the molecule is COc1ccc(C(=O)Nc2ccc(CN3C(=O)[C@]4(O[C@H](CC(=O)N(CCO)Cc5ccccc5)[C@@H]([Si](C)(C)F)[C@@H]4C)c4ccccc43)cc2)cc1. The van der Waals surface area contributed by atoms with Gasteiger partial charge in [0.25, 0.3) is 11.8 Å². The number of hydrogen-bond acceptors (Lipinski definition) is 6. The summed E-state index contributed by atoms with van der Waals surface area (Å²) < 4.78 is 28.3. The third kappa shape index (κ3) is 7.19. The fourth-order valence-corrected chi connectivity index (χ4v) is 10.2. The zero-order valence-corrected chi connectivity index (χ0v) is 30.3. The molecule has 0 radical (unpaired) electrons. The lowest BCUT2D eigenvalue weighted by Gasteiger charge is -2.31. The van der Waals surface area contributed by atoms with Gasteiger partial charge in [-0.05, 0) is 66.7 Å². The Morgan fingerprint density at radius 1 is 0.961 bits per heavy atom. The summed E-state index contributed by atoms with van der Waals surface area (Å²) in [4.78, 5) is 44.6. The van der Waals surface area contributed by atoms with E-state index in [1.807, 2.05) is 73.7 Å². The molecule has 2 aliphatic heterocycles. The summed E-state index contributed by atoms with van der Waals surface area (Å²) in [5.41, 5.74) is 2.08. The standard InChI is InChI=1S/C40H44FN3O6Si/c1-27-37(51(3,4)41)35(24-36(46)43(22-23-45)25-28-10-6-5-7-11-28)50-40(27)33-12-8-9-13-34(33)44(39(40)48)26-29-14-18-31(19-15-29)42-38(47)30-16-20-32(49-2)21-17-30/h5-21,27,35,37,45H,22-26H2,1-4H3,(H,42,47)/t27-,35+,37-,40+/m0/s1. The monoisotopic (exact) mass is 709 g/mol. The van der Waals surface area contributed by atoms with E-state index in [1.165, 1.54) is 0 Å². The summed E-state index contributed by atoms with van der Waals surface area (Å²) in [7, 11) is -1.92. The number of nitrogens with zero attached hydrogens (tertiary/aromatic N) is 2. The van der Waals surface area contributed by atoms with Crippen LogP contribution in [0.3, 0.4) is 0 Å². The van der Waals surface area contributed by atoms with Crippen molar-refractivity contribution in [3.05, 3.63) is 125 Å². The predicted molar refractivity (Wildman–Crippen MR) is 197 cm³/mol. The highest BCUT2D eigenvalue weighted by Gasteiger charge is 2.67. The number of rotatable bonds is 12. The number of fused-ring (bicyclic) bond motifs is 2. The number of hydrogen-bond donors (Lipinski definition) is 2. The van der Waals surface area contributed by atoms with Gasteiger partial charge in [-0.25, -0.2) is 0 Å². The van der Waals surface area contributed by atoms with Crippen LogP contribution in [0.15, 0.2) is 103 Å². The minimum Gasteiger partial charge on any atom is -0.497 e. The van der Waals surface area contributed by atoms with E-state index in [9.17, 15) is 19.5 Å². The van der Waals surface area contributed by atoms with Crippen molar-refractivity contribution < 1.29 is 33.1 Å². The third-order valence-corrected chi connectivity index (χ3v) is 12.5. The largest absolute Gasteiger partial charge is 0.497 e. The summed E-state index contributed by atoms with van der Waals surface area (Å²) in [6, 6.07) is 31.1. The molecule has 1 saturated heterocycles. The van der Waals surface area contributed by atoms with E-state index in [1.54, 1.807) is 66.4 Å². The molecular formula is C40H44FN3O6Si. The topological polar surface area (TPSA) is 108 Å². The number of aliphatic hydroxyl groups excluding tert-OH is 1. The van der Waals surface area contributed by atoms with Crippen LogP contribution in [0.25, 0.3) is 0 Å². The Morgan fingerprint density at radius 2 is 1.63 bits per heavy atom. The van der Waals surface area contributed by atoms with Gasteiger partial charge in [0.15, 0.2) is 5.60 Å². The molecule has 1 spiro atoms. The summed E-state index contributed by atoms with van der Waals surface area (Å²) in [6.07, 6.45) is -0.940. The third-order valence-electron chi connectivity index (χ3n) is 10.1. The summed E-state index contributed by atoms with van der Waals surface area (Å²) in [5.74, 6) is -0.698. The van der Waals surface area contributed by atoms with Gasteiger partial charge in [-0.1, -0.05) is 67.6 Å². The van der Waals surface area contributed by atoms with E-state index in [0.29, 0.717) is 34.8 Å². The maximum atomic E-state index is 16.3. The normalized spacial score (nSPS) is 21.1. The summed E-state index contributed by atoms with van der Waals surface area (Å²) in [6.45, 7) is 5.54. The second kappa shape index (κ2) is 14.8. The number of ether oxygens (including phenoxy) is 2. The minimum absolute atomic E-state index is 0.108. The van der Waals surface area contributed by atoms with Crippen molar-refractivity contribution in [2.45, 2.75) is 56.8 Å². The minimum atomic E-state index is -3.49. The van der Waals surface area contributed by atoms with Gasteiger partial charge in [0.2, 0.25) is 14.3 Å². The molecule has 0 aliphatic carbocycles. The van der Waals surface area contributed by atoms with E-state index in [0.717, 1.165) is 11.1 Å². The molecule has 0 saturated carbocycles. The zero-order chi connectivity index (χ0) is 36.3. The number of carbonyl (C=O) groups is 3. The van der Waals surface area contributed by atoms with E-state index in [-0.39, 0.29) is 43.8 Å². The van der Waals surface area contributed by atoms with Crippen molar-refractivity contribution in [1.29, 1.82) is 0 Å². The number of aliphatic hydroxyl groups is 1. The van der Waals surface area contributed by atoms with Gasteiger partial charge in [0, 0.05) is 41.4 Å². The molecule has 51 heavy (non-hydrogen) atoms. The van der Waals surface area contributed by atoms with Crippen molar-refractivity contribution in [2.75, 3.05) is 30.5 Å². The first-order valence-corrected chi connectivity index (χ1v) is 20.2. The van der Waals surface area contributed by atoms with Crippen LogP contribution in [-0.4, -0.2) is 62.5 Å². The van der Waals surface area contributed by atoms with E-state index in [2.05, 4.69) is 5.32 Å². The second-order valence-electron chi connectivity index (χ2n) is 13.8. The zero-order valence-electron chi connectivity index (χ0n) is 29.3. The number of methoxy groups -OCH3 is 1. The van der Waals surface area contributed by atoms with Crippen LogP contribution in [0.5, 0.6) is 5.75 Å². The maximum Gasteiger partial charge on any atom is 0.264 e. The molecule has 1 fully saturated rings. The number of anilines is 2. The number of amides is 3. The average Bonchev–Trinajstić information content (AvgIpc) is 3.55. The molecule has 6 rings (SSSR count). The van der Waals surface area contributed by atoms with E-state index in [4.69, 9.17) is 9.47 Å². The second-order valence-corrected chi connectivity index (χ2v) is 17.6. The first kappa shape index (κ1) is 36.0. The smallest absolute Gasteiger partial charge is 0.264 e. The lowest BCUT2D eigenvalue weighted by molar-refractivity contribution is -0.150. The van der Waals surface area contributed by atoms with Crippen LogP contribution in [0, 0.1) is 5.92 Å². The molecule has 2 N–H and O–H groups in total. The lowest BCUT2D eigenvalue weighted by Crippen LogP contribution is -2.45. The Hall–Kier alpha value is -4.84. The van der Waals surface area contributed by atoms with Gasteiger partial charge >= 0.3 is 0 Å². The fraction of sp³-hybridized carbons (Fsp3) is 0.325. The van der Waals surface area contributed by atoms with Crippen LogP contribution in [0.1, 0.15) is 40.4 Å². The highest BCUT2D eigenvalue weighted by molar-refractivity contribution is 6.72. The number of carbonyl (C=O) groups excluding carboxylic acids is 3. The van der Waals surface area contributed by atoms with Crippen molar-refractivity contribution in [3.63, 3.8) is 0 Å². The van der Waals surface area contributed by atoms with Crippen molar-refractivity contribution in [1.82, 2.24) is 4.90 Å². The van der Waals surface area contributed by atoms with Gasteiger partial charge in [-0.2, -0.15) is 0 Å². The first-order valence-electron chi connectivity index (χ1n) is 17.2. The highest BCUT2D eigenvalue weighted by Crippen LogP contribution is 2.60. The molecule has 4 aromatic rings. The molecule has 4 atom stereocenters. The molecule has 2 aliphatic rings. The van der Waals surface area contributed by atoms with Crippen molar-refractivity contribution in [3.8, 4) is 5.75 Å². The molecule has 2 heterocycles. The highest BCUT2D eigenvalue weighted by atomic mass is 28.4. The summed E-state index contributed by atoms with van der Waals surface area (Å²) >= 11 is 0. The molecule has 9 nitrogen and oxygen atoms in total. The van der Waals surface area contributed by atoms with Gasteiger partial charge in [-0.3, -0.25) is 14.4 Å². The number of para-hydroxylation sites is 1. The van der Waals surface area contributed by atoms with Gasteiger partial charge in [0.05, 0.1) is 38.5 Å². The molecular weight excluding hydrogens is 666 g/mol. The van der Waals surface area contributed by atoms with Crippen LogP contribution in [0.2, 0.25) is 18.6 Å². The molecule has 11 heteroatoms. The van der Waals surface area contributed by atoms with Crippen molar-refractivity contribution in [2.24, 2.45) is 5.92 Å². The first-order chi connectivity index (χ1) is 24.5. The summed E-state index contributed by atoms with van der Waals surface area (Å²) in [5, 5.41) is 12.7. The molecule has 0 aromatic heterocycles. The number of nitrogens with one attached hydrogen (secondary N) is 1. The van der Waals surface area contributed by atoms with E-state index >= 15 is 4.11 Å². The quantitative estimate of drug-likeness (QED) is 0.126. The average molecular weight is 710 g/mol. The van der Waals surface area contributed by atoms with Gasteiger partial charge in [0.1, 0.15) is 5.75 Å². The van der Waals surface area contributed by atoms with Crippen LogP contribution < -0.4 is 15.0 Å². The van der Waals surface area contributed by atoms with Crippen LogP contribution in [-0.2, 0) is 33.0 Å². The van der Waals surface area contributed by atoms with Gasteiger partial charge < -0.3 is 33.8 Å². The predicted octanol–water partition coefficient (Wildman–Crippen LogP) is 6.68.